The van der Waals surface area contributed by atoms with Gasteiger partial charge in [0.15, 0.2) is 5.78 Å². The summed E-state index contributed by atoms with van der Waals surface area (Å²) in [5.41, 5.74) is 4.91. The molecule has 0 saturated carbocycles. The zero-order chi connectivity index (χ0) is 25.2. The maximum Gasteiger partial charge on any atom is 0.224 e. The molecule has 0 bridgehead atoms. The first-order valence-electron chi connectivity index (χ1n) is 12.3. The number of fused-ring (bicyclic) bond motifs is 1. The number of nitrogens with one attached hydrogen (secondary N) is 1. The van der Waals surface area contributed by atoms with Crippen LogP contribution in [-0.2, 0) is 9.59 Å². The average Bonchev–Trinajstić information content (AvgIpc) is 3.04. The third kappa shape index (κ3) is 4.24. The summed E-state index contributed by atoms with van der Waals surface area (Å²) in [5, 5.41) is 3.55. The van der Waals surface area contributed by atoms with E-state index >= 15 is 0 Å². The zero-order valence-electron chi connectivity index (χ0n) is 20.8. The summed E-state index contributed by atoms with van der Waals surface area (Å²) in [6.07, 6.45) is 1.02. The summed E-state index contributed by atoms with van der Waals surface area (Å²) in [6.45, 7) is 3.96. The second-order valence-electron chi connectivity index (χ2n) is 9.10. The lowest BCUT2D eigenvalue weighted by molar-refractivity contribution is -0.117. The number of hydrogen-bond acceptors (Lipinski definition) is 5. The number of nitrogens with zero attached hydrogens (tertiary/aromatic N) is 1. The molecule has 36 heavy (non-hydrogen) atoms. The number of methoxy groups -OCH3 is 1. The number of benzene rings is 3. The summed E-state index contributed by atoms with van der Waals surface area (Å²) in [5.74, 6) is 1.37. The number of ether oxygens (including phenoxy) is 2. The van der Waals surface area contributed by atoms with Gasteiger partial charge in [0, 0.05) is 30.2 Å². The topological polar surface area (TPSA) is 67.9 Å². The molecule has 1 amide bonds. The van der Waals surface area contributed by atoms with Crippen LogP contribution in [0.4, 0.5) is 11.4 Å². The lowest BCUT2D eigenvalue weighted by Gasteiger charge is -2.35. The van der Waals surface area contributed by atoms with Crippen LogP contribution in [0.2, 0.25) is 0 Å². The van der Waals surface area contributed by atoms with Gasteiger partial charge in [-0.15, -0.1) is 0 Å². The third-order valence-electron chi connectivity index (χ3n) is 6.93. The summed E-state index contributed by atoms with van der Waals surface area (Å²) >= 11 is 0. The third-order valence-corrected chi connectivity index (χ3v) is 6.93. The molecule has 1 aliphatic carbocycles. The van der Waals surface area contributed by atoms with Crippen molar-refractivity contribution in [1.82, 2.24) is 0 Å². The fourth-order valence-corrected chi connectivity index (χ4v) is 5.34. The molecule has 1 heterocycles. The summed E-state index contributed by atoms with van der Waals surface area (Å²) in [4.78, 5) is 28.9. The van der Waals surface area contributed by atoms with E-state index in [1.54, 1.807) is 18.9 Å². The van der Waals surface area contributed by atoms with Gasteiger partial charge in [-0.25, -0.2) is 0 Å². The summed E-state index contributed by atoms with van der Waals surface area (Å²) in [6, 6.07) is 22.7. The standard InChI is InChI=1S/C30H30N2O4/c1-4-36-28-12-8-5-9-23(28)30-29-25(31-24-10-6-7-11-26(24)32(30)19(2)33)17-21(18-27(29)34)20-13-15-22(35-3)16-14-20/h5-16,21,30-31H,4,17-18H2,1-3H3/t21-,30+/m1/s1. The van der Waals surface area contributed by atoms with Crippen molar-refractivity contribution >= 4 is 23.1 Å². The van der Waals surface area contributed by atoms with E-state index in [1.165, 1.54) is 0 Å². The van der Waals surface area contributed by atoms with E-state index in [9.17, 15) is 9.59 Å². The fraction of sp³-hybridized carbons (Fsp3) is 0.267. The van der Waals surface area contributed by atoms with E-state index in [0.717, 1.165) is 33.9 Å². The smallest absolute Gasteiger partial charge is 0.224 e. The van der Waals surface area contributed by atoms with Crippen molar-refractivity contribution in [3.05, 3.63) is 95.2 Å². The number of rotatable bonds is 5. The minimum Gasteiger partial charge on any atom is -0.497 e. The number of amides is 1. The number of Topliss-reactive ketones (excluding diaryl/α,β-unsaturated/α-hetero) is 1. The van der Waals surface area contributed by atoms with Crippen LogP contribution in [0.1, 0.15) is 49.8 Å². The molecule has 0 aromatic heterocycles. The molecule has 3 aromatic carbocycles. The van der Waals surface area contributed by atoms with Crippen LogP contribution in [0.3, 0.4) is 0 Å². The first-order valence-corrected chi connectivity index (χ1v) is 12.3. The molecule has 5 rings (SSSR count). The molecule has 0 unspecified atom stereocenters. The van der Waals surface area contributed by atoms with E-state index in [0.29, 0.717) is 30.8 Å². The van der Waals surface area contributed by atoms with Crippen LogP contribution in [0, 0.1) is 0 Å². The molecule has 0 spiro atoms. The Hall–Kier alpha value is -4.06. The SMILES string of the molecule is CCOc1ccccc1[C@H]1C2=C(C[C@@H](c3ccc(OC)cc3)CC2=O)Nc2ccccc2N1C(C)=O. The first-order chi connectivity index (χ1) is 17.5. The zero-order valence-corrected chi connectivity index (χ0v) is 20.8. The van der Waals surface area contributed by atoms with E-state index < -0.39 is 6.04 Å². The van der Waals surface area contributed by atoms with Gasteiger partial charge in [-0.2, -0.15) is 0 Å². The fourth-order valence-electron chi connectivity index (χ4n) is 5.34. The molecule has 6 nitrogen and oxygen atoms in total. The molecule has 184 valence electrons. The minimum atomic E-state index is -0.597. The van der Waals surface area contributed by atoms with Gasteiger partial charge in [0.1, 0.15) is 11.5 Å². The minimum absolute atomic E-state index is 0.0217. The Kier molecular flexibility index (Phi) is 6.51. The molecule has 3 aromatic rings. The molecule has 0 radical (unpaired) electrons. The molecule has 0 fully saturated rings. The number of allylic oxidation sites excluding steroid dienone is 1. The van der Waals surface area contributed by atoms with E-state index in [1.807, 2.05) is 79.7 Å². The highest BCUT2D eigenvalue weighted by Gasteiger charge is 2.41. The second-order valence-corrected chi connectivity index (χ2v) is 9.10. The lowest BCUT2D eigenvalue weighted by atomic mass is 9.78. The molecule has 1 aliphatic heterocycles. The Bertz CT molecular complexity index is 1330. The van der Waals surface area contributed by atoms with Crippen molar-refractivity contribution in [3.8, 4) is 11.5 Å². The highest BCUT2D eigenvalue weighted by Crippen LogP contribution is 2.48. The number of hydrogen-bond donors (Lipinski definition) is 1. The monoisotopic (exact) mass is 482 g/mol. The van der Waals surface area contributed by atoms with Gasteiger partial charge in [0.25, 0.3) is 0 Å². The number of para-hydroxylation sites is 3. The summed E-state index contributed by atoms with van der Waals surface area (Å²) in [7, 11) is 1.64. The van der Waals surface area contributed by atoms with Crippen molar-refractivity contribution in [3.63, 3.8) is 0 Å². The Balaban J connectivity index is 1.69. The predicted molar refractivity (Wildman–Crippen MR) is 141 cm³/mol. The van der Waals surface area contributed by atoms with E-state index in [-0.39, 0.29) is 17.6 Å². The van der Waals surface area contributed by atoms with Crippen molar-refractivity contribution in [1.29, 1.82) is 0 Å². The summed E-state index contributed by atoms with van der Waals surface area (Å²) < 4.78 is 11.3. The van der Waals surface area contributed by atoms with Gasteiger partial charge >= 0.3 is 0 Å². The first kappa shape index (κ1) is 23.7. The normalized spacial score (nSPS) is 19.1. The van der Waals surface area contributed by atoms with Crippen LogP contribution in [0.15, 0.2) is 84.1 Å². The van der Waals surface area contributed by atoms with Gasteiger partial charge in [-0.1, -0.05) is 42.5 Å². The van der Waals surface area contributed by atoms with Crippen LogP contribution in [0.25, 0.3) is 0 Å². The van der Waals surface area contributed by atoms with Gasteiger partial charge < -0.3 is 14.8 Å². The maximum absolute atomic E-state index is 14.0. The number of carbonyl (C=O) groups excluding carboxylic acids is 2. The van der Waals surface area contributed by atoms with E-state index in [4.69, 9.17) is 9.47 Å². The van der Waals surface area contributed by atoms with E-state index in [2.05, 4.69) is 5.32 Å². The van der Waals surface area contributed by atoms with Crippen molar-refractivity contribution in [2.75, 3.05) is 23.9 Å². The Morgan fingerprint density at radius 2 is 1.72 bits per heavy atom. The van der Waals surface area contributed by atoms with Gasteiger partial charge in [0.05, 0.1) is 31.1 Å². The molecule has 1 N–H and O–H groups in total. The lowest BCUT2D eigenvalue weighted by Crippen LogP contribution is -2.37. The van der Waals surface area contributed by atoms with Gasteiger partial charge in [-0.3, -0.25) is 14.5 Å². The van der Waals surface area contributed by atoms with Crippen LogP contribution in [0.5, 0.6) is 11.5 Å². The molecule has 0 saturated heterocycles. The number of ketones is 1. The van der Waals surface area contributed by atoms with Crippen LogP contribution in [-0.4, -0.2) is 25.4 Å². The molecular formula is C30H30N2O4. The van der Waals surface area contributed by atoms with Gasteiger partial charge in [-0.05, 0) is 55.2 Å². The second kappa shape index (κ2) is 9.90. The molecule has 2 atom stereocenters. The Labute approximate surface area is 211 Å². The largest absolute Gasteiger partial charge is 0.497 e. The molecule has 2 aliphatic rings. The Morgan fingerprint density at radius 1 is 1.00 bits per heavy atom. The highest BCUT2D eigenvalue weighted by molar-refractivity contribution is 6.06. The number of carbonyl (C=O) groups is 2. The molecular weight excluding hydrogens is 452 g/mol. The predicted octanol–water partition coefficient (Wildman–Crippen LogP) is 6.01. The van der Waals surface area contributed by atoms with Gasteiger partial charge in [0.2, 0.25) is 5.91 Å². The molecule has 6 heteroatoms. The maximum atomic E-state index is 14.0. The highest BCUT2D eigenvalue weighted by atomic mass is 16.5. The van der Waals surface area contributed by atoms with Crippen molar-refractivity contribution in [2.45, 2.75) is 38.6 Å². The van der Waals surface area contributed by atoms with Crippen molar-refractivity contribution in [2.24, 2.45) is 0 Å². The van der Waals surface area contributed by atoms with Crippen molar-refractivity contribution < 1.29 is 19.1 Å². The average molecular weight is 483 g/mol. The number of anilines is 2. The quantitative estimate of drug-likeness (QED) is 0.482. The van der Waals surface area contributed by atoms with Crippen LogP contribution >= 0.6 is 0 Å². The van der Waals surface area contributed by atoms with Crippen LogP contribution < -0.4 is 19.7 Å². The Morgan fingerprint density at radius 3 is 2.44 bits per heavy atom.